The average molecular weight is 389 g/mol. The smallest absolute Gasteiger partial charge is 0.188 e. The van der Waals surface area contributed by atoms with Crippen molar-refractivity contribution in [3.8, 4) is 5.75 Å². The fourth-order valence-electron chi connectivity index (χ4n) is 2.02. The summed E-state index contributed by atoms with van der Waals surface area (Å²) in [5.74, 6) is 2.21. The lowest BCUT2D eigenvalue weighted by Gasteiger charge is -2.23. The van der Waals surface area contributed by atoms with Crippen molar-refractivity contribution in [3.63, 3.8) is 0 Å². The maximum atomic E-state index is 5.79. The van der Waals surface area contributed by atoms with Gasteiger partial charge in [-0.05, 0) is 37.3 Å². The lowest BCUT2D eigenvalue weighted by Crippen LogP contribution is -2.35. The standard InChI is InChI=1S/C15H23N3O.HI/c1-12-5-2-3-8-14(12)19-10-9-17-15(16)18-11-13-6-4-7-13;/h2-3,5,8,13H,4,6-7,9-11H2,1H3,(H3,16,17,18);1H. The number of aryl methyl sites for hydroxylation is 1. The van der Waals surface area contributed by atoms with Gasteiger partial charge in [0.1, 0.15) is 12.4 Å². The topological polar surface area (TPSA) is 59.6 Å². The summed E-state index contributed by atoms with van der Waals surface area (Å²) in [7, 11) is 0. The summed E-state index contributed by atoms with van der Waals surface area (Å²) in [6, 6.07) is 8.00. The van der Waals surface area contributed by atoms with E-state index >= 15 is 0 Å². The molecular formula is C15H24IN3O. The number of guanidine groups is 1. The summed E-state index contributed by atoms with van der Waals surface area (Å²) in [5.41, 5.74) is 6.94. The van der Waals surface area contributed by atoms with Gasteiger partial charge in [0.15, 0.2) is 5.96 Å². The Bertz CT molecular complexity index is 433. The van der Waals surface area contributed by atoms with Crippen LogP contribution in [-0.2, 0) is 0 Å². The summed E-state index contributed by atoms with van der Waals surface area (Å²) in [5, 5.41) is 3.08. The second-order valence-electron chi connectivity index (χ2n) is 5.06. The number of rotatable bonds is 6. The van der Waals surface area contributed by atoms with Crippen LogP contribution < -0.4 is 15.8 Å². The second kappa shape index (κ2) is 9.05. The van der Waals surface area contributed by atoms with E-state index in [0.717, 1.165) is 23.8 Å². The Morgan fingerprint density at radius 2 is 2.15 bits per heavy atom. The summed E-state index contributed by atoms with van der Waals surface area (Å²) < 4.78 is 5.67. The quantitative estimate of drug-likeness (QED) is 0.341. The van der Waals surface area contributed by atoms with E-state index in [4.69, 9.17) is 10.5 Å². The SMILES string of the molecule is Cc1ccccc1OCCNC(N)=NCC1CCC1.I. The number of para-hydroxylation sites is 1. The van der Waals surface area contributed by atoms with Crippen LogP contribution in [0.15, 0.2) is 29.3 Å². The van der Waals surface area contributed by atoms with Crippen LogP contribution >= 0.6 is 24.0 Å². The minimum Gasteiger partial charge on any atom is -0.491 e. The van der Waals surface area contributed by atoms with Gasteiger partial charge in [-0.15, -0.1) is 24.0 Å². The van der Waals surface area contributed by atoms with Crippen molar-refractivity contribution in [3.05, 3.63) is 29.8 Å². The highest BCUT2D eigenvalue weighted by Gasteiger charge is 2.16. The van der Waals surface area contributed by atoms with Crippen LogP contribution in [0.4, 0.5) is 0 Å². The molecule has 1 aromatic rings. The molecule has 3 N–H and O–H groups in total. The van der Waals surface area contributed by atoms with Gasteiger partial charge in [-0.3, -0.25) is 4.99 Å². The van der Waals surface area contributed by atoms with E-state index in [-0.39, 0.29) is 24.0 Å². The summed E-state index contributed by atoms with van der Waals surface area (Å²) in [6.07, 6.45) is 3.94. The number of benzene rings is 1. The number of halogens is 1. The van der Waals surface area contributed by atoms with E-state index in [0.29, 0.717) is 19.1 Å². The predicted molar refractivity (Wildman–Crippen MR) is 93.9 cm³/mol. The zero-order valence-electron chi connectivity index (χ0n) is 12.0. The first-order chi connectivity index (χ1) is 9.25. The van der Waals surface area contributed by atoms with Gasteiger partial charge in [0, 0.05) is 6.54 Å². The van der Waals surface area contributed by atoms with Gasteiger partial charge in [0.25, 0.3) is 0 Å². The predicted octanol–water partition coefficient (Wildman–Crippen LogP) is 2.70. The molecule has 0 aliphatic heterocycles. The molecule has 4 nitrogen and oxygen atoms in total. The van der Waals surface area contributed by atoms with Crippen molar-refractivity contribution in [1.82, 2.24) is 5.32 Å². The highest BCUT2D eigenvalue weighted by Crippen LogP contribution is 2.26. The zero-order valence-corrected chi connectivity index (χ0v) is 14.3. The number of aliphatic imine (C=N–C) groups is 1. The van der Waals surface area contributed by atoms with Gasteiger partial charge in [-0.1, -0.05) is 24.6 Å². The third kappa shape index (κ3) is 5.56. The van der Waals surface area contributed by atoms with Gasteiger partial charge in [-0.25, -0.2) is 0 Å². The number of nitrogens with two attached hydrogens (primary N) is 1. The molecule has 1 saturated carbocycles. The minimum atomic E-state index is 0. The van der Waals surface area contributed by atoms with E-state index in [9.17, 15) is 0 Å². The fourth-order valence-corrected chi connectivity index (χ4v) is 2.02. The molecule has 20 heavy (non-hydrogen) atoms. The Labute approximate surface area is 138 Å². The molecular weight excluding hydrogens is 365 g/mol. The highest BCUT2D eigenvalue weighted by atomic mass is 127. The molecule has 0 saturated heterocycles. The molecule has 0 bridgehead atoms. The largest absolute Gasteiger partial charge is 0.491 e. The first-order valence-electron chi connectivity index (χ1n) is 6.98. The molecule has 1 aliphatic rings. The fraction of sp³-hybridized carbons (Fsp3) is 0.533. The van der Waals surface area contributed by atoms with Crippen molar-refractivity contribution in [2.45, 2.75) is 26.2 Å². The highest BCUT2D eigenvalue weighted by molar-refractivity contribution is 14.0. The van der Waals surface area contributed by atoms with E-state index in [1.807, 2.05) is 31.2 Å². The van der Waals surface area contributed by atoms with E-state index in [2.05, 4.69) is 10.3 Å². The van der Waals surface area contributed by atoms with Crippen molar-refractivity contribution >= 4 is 29.9 Å². The average Bonchev–Trinajstić information content (AvgIpc) is 2.35. The molecule has 0 radical (unpaired) electrons. The van der Waals surface area contributed by atoms with Crippen LogP contribution in [0.1, 0.15) is 24.8 Å². The number of ether oxygens (including phenoxy) is 1. The van der Waals surface area contributed by atoms with E-state index in [1.54, 1.807) is 0 Å². The molecule has 1 aromatic carbocycles. The maximum absolute atomic E-state index is 5.79. The van der Waals surface area contributed by atoms with Gasteiger partial charge in [0.2, 0.25) is 0 Å². The summed E-state index contributed by atoms with van der Waals surface area (Å²) >= 11 is 0. The van der Waals surface area contributed by atoms with Crippen molar-refractivity contribution in [1.29, 1.82) is 0 Å². The summed E-state index contributed by atoms with van der Waals surface area (Å²) in [6.45, 7) is 4.16. The van der Waals surface area contributed by atoms with Crippen LogP contribution in [0.5, 0.6) is 5.75 Å². The van der Waals surface area contributed by atoms with Crippen molar-refractivity contribution < 1.29 is 4.74 Å². The Balaban J connectivity index is 0.00000200. The number of hydrogen-bond acceptors (Lipinski definition) is 2. The maximum Gasteiger partial charge on any atom is 0.188 e. The lowest BCUT2D eigenvalue weighted by molar-refractivity contribution is 0.318. The first kappa shape index (κ1) is 17.1. The molecule has 0 aromatic heterocycles. The van der Waals surface area contributed by atoms with Crippen LogP contribution in [0.25, 0.3) is 0 Å². The lowest BCUT2D eigenvalue weighted by atomic mass is 9.86. The first-order valence-corrected chi connectivity index (χ1v) is 6.98. The zero-order chi connectivity index (χ0) is 13.5. The van der Waals surface area contributed by atoms with Gasteiger partial charge in [-0.2, -0.15) is 0 Å². The third-order valence-corrected chi connectivity index (χ3v) is 3.50. The molecule has 1 fully saturated rings. The van der Waals surface area contributed by atoms with Crippen LogP contribution in [0, 0.1) is 12.8 Å². The molecule has 0 unspecified atom stereocenters. The molecule has 0 atom stereocenters. The monoisotopic (exact) mass is 389 g/mol. The third-order valence-electron chi connectivity index (χ3n) is 3.50. The van der Waals surface area contributed by atoms with E-state index in [1.165, 1.54) is 19.3 Å². The van der Waals surface area contributed by atoms with Crippen LogP contribution in [-0.4, -0.2) is 25.7 Å². The molecule has 0 amide bonds. The minimum absolute atomic E-state index is 0. The Morgan fingerprint density at radius 1 is 1.40 bits per heavy atom. The van der Waals surface area contributed by atoms with Gasteiger partial charge in [0.05, 0.1) is 6.54 Å². The number of nitrogens with zero attached hydrogens (tertiary/aromatic N) is 1. The molecule has 5 heteroatoms. The normalized spacial score (nSPS) is 15.2. The molecule has 112 valence electrons. The second-order valence-corrected chi connectivity index (χ2v) is 5.06. The van der Waals surface area contributed by atoms with Crippen LogP contribution in [0.2, 0.25) is 0 Å². The van der Waals surface area contributed by atoms with Crippen molar-refractivity contribution in [2.24, 2.45) is 16.6 Å². The van der Waals surface area contributed by atoms with Gasteiger partial charge >= 0.3 is 0 Å². The van der Waals surface area contributed by atoms with Crippen molar-refractivity contribution in [2.75, 3.05) is 19.7 Å². The van der Waals surface area contributed by atoms with Crippen LogP contribution in [0.3, 0.4) is 0 Å². The van der Waals surface area contributed by atoms with E-state index < -0.39 is 0 Å². The molecule has 2 rings (SSSR count). The molecule has 0 heterocycles. The Morgan fingerprint density at radius 3 is 2.80 bits per heavy atom. The molecule has 0 spiro atoms. The summed E-state index contributed by atoms with van der Waals surface area (Å²) in [4.78, 5) is 4.34. The number of hydrogen-bond donors (Lipinski definition) is 2. The Kier molecular flexibility index (Phi) is 7.72. The number of nitrogens with one attached hydrogen (secondary N) is 1. The van der Waals surface area contributed by atoms with Gasteiger partial charge < -0.3 is 15.8 Å². The Hall–Kier alpha value is -0.980. The molecule has 1 aliphatic carbocycles.